The summed E-state index contributed by atoms with van der Waals surface area (Å²) >= 11 is 0. The topological polar surface area (TPSA) is 127 Å². The van der Waals surface area contributed by atoms with E-state index in [2.05, 4.69) is 20.6 Å². The lowest BCUT2D eigenvalue weighted by atomic mass is 10.2. The Hall–Kier alpha value is -3.90. The van der Waals surface area contributed by atoms with Crippen LogP contribution in [-0.2, 0) is 17.5 Å². The monoisotopic (exact) mass is 409 g/mol. The van der Waals surface area contributed by atoms with Gasteiger partial charge in [-0.15, -0.1) is 0 Å². The van der Waals surface area contributed by atoms with Gasteiger partial charge in [0.05, 0.1) is 24.0 Å². The molecule has 0 saturated carbocycles. The van der Waals surface area contributed by atoms with E-state index >= 15 is 0 Å². The quantitative estimate of drug-likeness (QED) is 0.541. The summed E-state index contributed by atoms with van der Waals surface area (Å²) < 4.78 is 41.6. The average molecular weight is 409 g/mol. The Morgan fingerprint density at radius 1 is 1.17 bits per heavy atom. The van der Waals surface area contributed by atoms with Gasteiger partial charge in [0.2, 0.25) is 5.91 Å². The number of halogens is 3. The third kappa shape index (κ3) is 4.69. The van der Waals surface area contributed by atoms with E-state index in [4.69, 9.17) is 0 Å². The number of hydrogen-bond donors (Lipinski definition) is 3. The van der Waals surface area contributed by atoms with Gasteiger partial charge in [-0.25, -0.2) is 9.67 Å². The smallest absolute Gasteiger partial charge is 0.418 e. The Morgan fingerprint density at radius 2 is 1.93 bits per heavy atom. The number of nitrogens with one attached hydrogen (secondary N) is 2. The Bertz CT molecular complexity index is 1020. The third-order valence-corrected chi connectivity index (χ3v) is 3.72. The van der Waals surface area contributed by atoms with Crippen LogP contribution in [0.1, 0.15) is 22.5 Å². The molecule has 2 aromatic heterocycles. The first-order chi connectivity index (χ1) is 13.8. The maximum atomic E-state index is 13.1. The number of aromatic nitrogens is 5. The van der Waals surface area contributed by atoms with E-state index < -0.39 is 35.0 Å². The summed E-state index contributed by atoms with van der Waals surface area (Å²) in [4.78, 5) is 27.6. The van der Waals surface area contributed by atoms with E-state index in [-0.39, 0.29) is 18.7 Å². The summed E-state index contributed by atoms with van der Waals surface area (Å²) in [7, 11) is 0. The molecule has 0 aliphatic heterocycles. The highest BCUT2D eigenvalue weighted by atomic mass is 19.4. The number of nitrogens with zero attached hydrogens (tertiary/aromatic N) is 5. The van der Waals surface area contributed by atoms with Crippen LogP contribution in [-0.4, -0.2) is 41.5 Å². The average Bonchev–Trinajstić information content (AvgIpc) is 3.33. The molecule has 29 heavy (non-hydrogen) atoms. The number of aromatic hydroxyl groups is 1. The van der Waals surface area contributed by atoms with E-state index in [9.17, 15) is 27.9 Å². The molecular formula is C16H14F3N7O3. The van der Waals surface area contributed by atoms with Gasteiger partial charge in [-0.1, -0.05) is 12.1 Å². The number of para-hydroxylation sites is 1. The lowest BCUT2D eigenvalue weighted by molar-refractivity contribution is -0.137. The minimum absolute atomic E-state index is 0.0248. The zero-order valence-corrected chi connectivity index (χ0v) is 14.6. The van der Waals surface area contributed by atoms with Crippen molar-refractivity contribution in [2.45, 2.75) is 19.1 Å². The molecule has 2 heterocycles. The van der Waals surface area contributed by atoms with Crippen LogP contribution in [0.4, 0.5) is 13.2 Å². The number of carbonyl (C=O) groups excluding carboxylic acids is 2. The maximum absolute atomic E-state index is 13.1. The molecule has 152 valence electrons. The van der Waals surface area contributed by atoms with Crippen LogP contribution in [0.2, 0.25) is 0 Å². The number of hydrogen-bond acceptors (Lipinski definition) is 6. The number of carbonyl (C=O) groups is 2. The van der Waals surface area contributed by atoms with E-state index in [0.29, 0.717) is 0 Å². The van der Waals surface area contributed by atoms with Gasteiger partial charge in [-0.05, 0) is 12.1 Å². The van der Waals surface area contributed by atoms with Crippen LogP contribution < -0.4 is 10.9 Å². The fraction of sp³-hybridized carbons (Fsp3) is 0.188. The SMILES string of the molecule is O=C(CCn1cncn1)NNC(=O)c1nn(-c2ccccc2C(F)(F)F)cc1O. The zero-order chi connectivity index (χ0) is 21.0. The second-order valence-corrected chi connectivity index (χ2v) is 5.73. The molecule has 10 nitrogen and oxygen atoms in total. The second-order valence-electron chi connectivity index (χ2n) is 5.73. The van der Waals surface area contributed by atoms with Gasteiger partial charge in [-0.3, -0.25) is 25.1 Å². The van der Waals surface area contributed by atoms with Gasteiger partial charge in [-0.2, -0.15) is 23.4 Å². The number of alkyl halides is 3. The molecule has 3 aromatic rings. The van der Waals surface area contributed by atoms with Crippen molar-refractivity contribution < 1.29 is 27.9 Å². The number of benzene rings is 1. The van der Waals surface area contributed by atoms with E-state index in [1.165, 1.54) is 29.5 Å². The minimum Gasteiger partial charge on any atom is -0.504 e. The molecule has 0 bridgehead atoms. The summed E-state index contributed by atoms with van der Waals surface area (Å²) in [5.74, 6) is -2.22. The van der Waals surface area contributed by atoms with Gasteiger partial charge in [0, 0.05) is 6.42 Å². The maximum Gasteiger partial charge on any atom is 0.418 e. The first-order valence-corrected chi connectivity index (χ1v) is 8.12. The van der Waals surface area contributed by atoms with Gasteiger partial charge in [0.15, 0.2) is 11.4 Å². The fourth-order valence-corrected chi connectivity index (χ4v) is 2.38. The molecule has 0 unspecified atom stereocenters. The Labute approximate surface area is 160 Å². The predicted octanol–water partition coefficient (Wildman–Crippen LogP) is 1.04. The van der Waals surface area contributed by atoms with Crippen molar-refractivity contribution in [3.8, 4) is 11.4 Å². The van der Waals surface area contributed by atoms with Crippen LogP contribution in [0, 0.1) is 0 Å². The first-order valence-electron chi connectivity index (χ1n) is 8.12. The molecule has 0 saturated heterocycles. The van der Waals surface area contributed by atoms with Crippen molar-refractivity contribution in [1.82, 2.24) is 35.4 Å². The van der Waals surface area contributed by atoms with Crippen LogP contribution in [0.3, 0.4) is 0 Å². The minimum atomic E-state index is -4.65. The Balaban J connectivity index is 1.67. The van der Waals surface area contributed by atoms with Gasteiger partial charge < -0.3 is 5.11 Å². The summed E-state index contributed by atoms with van der Waals surface area (Å²) in [6, 6.07) is 4.56. The van der Waals surface area contributed by atoms with Crippen molar-refractivity contribution in [3.05, 3.63) is 54.4 Å². The number of amides is 2. The van der Waals surface area contributed by atoms with Crippen molar-refractivity contribution in [2.75, 3.05) is 0 Å². The molecule has 0 aliphatic carbocycles. The van der Waals surface area contributed by atoms with Crippen LogP contribution >= 0.6 is 0 Å². The molecule has 0 spiro atoms. The number of rotatable bonds is 5. The normalized spacial score (nSPS) is 11.3. The highest BCUT2D eigenvalue weighted by Crippen LogP contribution is 2.34. The van der Waals surface area contributed by atoms with Crippen molar-refractivity contribution in [3.63, 3.8) is 0 Å². The summed E-state index contributed by atoms with van der Waals surface area (Å²) in [6.07, 6.45) is -1.10. The van der Waals surface area contributed by atoms with Crippen molar-refractivity contribution in [2.24, 2.45) is 0 Å². The molecule has 2 amide bonds. The van der Waals surface area contributed by atoms with Gasteiger partial charge in [0.1, 0.15) is 12.7 Å². The Morgan fingerprint density at radius 3 is 2.62 bits per heavy atom. The van der Waals surface area contributed by atoms with Gasteiger partial charge in [0.25, 0.3) is 5.91 Å². The molecule has 0 fully saturated rings. The summed E-state index contributed by atoms with van der Waals surface area (Å²) in [5.41, 5.74) is 2.24. The van der Waals surface area contributed by atoms with E-state index in [1.807, 2.05) is 5.43 Å². The zero-order valence-electron chi connectivity index (χ0n) is 14.6. The Kier molecular flexibility index (Phi) is 5.47. The van der Waals surface area contributed by atoms with Crippen molar-refractivity contribution in [1.29, 1.82) is 0 Å². The largest absolute Gasteiger partial charge is 0.504 e. The van der Waals surface area contributed by atoms with Gasteiger partial charge >= 0.3 is 6.18 Å². The molecule has 13 heteroatoms. The van der Waals surface area contributed by atoms with Crippen molar-refractivity contribution >= 4 is 11.8 Å². The standard InChI is InChI=1S/C16H14F3N7O3/c17-16(18,19)10-3-1-2-4-11(10)26-7-12(27)14(24-26)15(29)23-22-13(28)5-6-25-9-20-8-21-25/h1-4,7-9,27H,5-6H2,(H,22,28)(H,23,29). The van der Waals surface area contributed by atoms with Crippen LogP contribution in [0.15, 0.2) is 43.1 Å². The third-order valence-electron chi connectivity index (χ3n) is 3.72. The number of aryl methyl sites for hydroxylation is 1. The molecule has 0 atom stereocenters. The molecule has 3 N–H and O–H groups in total. The lowest BCUT2D eigenvalue weighted by Gasteiger charge is -2.12. The summed E-state index contributed by atoms with van der Waals surface area (Å²) in [5, 5.41) is 17.4. The molecule has 0 aliphatic rings. The molecule has 3 rings (SSSR count). The van der Waals surface area contributed by atoms with E-state index in [0.717, 1.165) is 23.0 Å². The fourth-order valence-electron chi connectivity index (χ4n) is 2.38. The predicted molar refractivity (Wildman–Crippen MR) is 90.5 cm³/mol. The molecular weight excluding hydrogens is 395 g/mol. The van der Waals surface area contributed by atoms with Crippen LogP contribution in [0.5, 0.6) is 5.75 Å². The molecule has 1 aromatic carbocycles. The second kappa shape index (κ2) is 8.00. The lowest BCUT2D eigenvalue weighted by Crippen LogP contribution is -2.42. The van der Waals surface area contributed by atoms with Crippen LogP contribution in [0.25, 0.3) is 5.69 Å². The number of hydrazine groups is 1. The van der Waals surface area contributed by atoms with E-state index in [1.54, 1.807) is 0 Å². The summed E-state index contributed by atoms with van der Waals surface area (Å²) in [6.45, 7) is 0.218. The highest BCUT2D eigenvalue weighted by molar-refractivity contribution is 5.95. The molecule has 0 radical (unpaired) electrons. The highest BCUT2D eigenvalue weighted by Gasteiger charge is 2.34. The first kappa shape index (κ1) is 19.9.